The summed E-state index contributed by atoms with van der Waals surface area (Å²) in [5, 5.41) is 8.70. The van der Waals surface area contributed by atoms with Gasteiger partial charge in [0.05, 0.1) is 6.61 Å². The Hall–Kier alpha value is -1.06. The van der Waals surface area contributed by atoms with Crippen LogP contribution in [0.15, 0.2) is 24.3 Å². The van der Waals surface area contributed by atoms with Gasteiger partial charge in [0.25, 0.3) is 0 Å². The largest absolute Gasteiger partial charge is 0.494 e. The molecule has 15 heavy (non-hydrogen) atoms. The molecule has 0 bridgehead atoms. The third kappa shape index (κ3) is 3.90. The summed E-state index contributed by atoms with van der Waals surface area (Å²) in [4.78, 5) is 0. The van der Waals surface area contributed by atoms with Gasteiger partial charge >= 0.3 is 0 Å². The van der Waals surface area contributed by atoms with Crippen LogP contribution in [0.5, 0.6) is 5.75 Å². The number of nitrogens with two attached hydrogens (primary N) is 1. The molecule has 3 heteroatoms. The zero-order valence-corrected chi connectivity index (χ0v) is 9.15. The van der Waals surface area contributed by atoms with Crippen LogP contribution in [0.3, 0.4) is 0 Å². The van der Waals surface area contributed by atoms with Gasteiger partial charge in [0, 0.05) is 12.6 Å². The Balaban J connectivity index is 2.54. The minimum Gasteiger partial charge on any atom is -0.494 e. The molecule has 1 atom stereocenters. The Bertz CT molecular complexity index is 271. The van der Waals surface area contributed by atoms with E-state index >= 15 is 0 Å². The van der Waals surface area contributed by atoms with E-state index in [9.17, 15) is 0 Å². The minimum absolute atomic E-state index is 0.00725. The lowest BCUT2D eigenvalue weighted by atomic mass is 10.0. The van der Waals surface area contributed by atoms with Crippen molar-refractivity contribution in [1.82, 2.24) is 0 Å². The summed E-state index contributed by atoms with van der Waals surface area (Å²) < 4.78 is 5.34. The Labute approximate surface area is 90.9 Å². The summed E-state index contributed by atoms with van der Waals surface area (Å²) >= 11 is 0. The van der Waals surface area contributed by atoms with E-state index in [-0.39, 0.29) is 12.6 Å². The van der Waals surface area contributed by atoms with Gasteiger partial charge in [-0.1, -0.05) is 12.1 Å². The van der Waals surface area contributed by atoms with Crippen molar-refractivity contribution in [2.45, 2.75) is 25.8 Å². The number of benzene rings is 1. The highest BCUT2D eigenvalue weighted by atomic mass is 16.5. The highest BCUT2D eigenvalue weighted by Crippen LogP contribution is 2.19. The predicted octanol–water partition coefficient (Wildman–Crippen LogP) is 1.86. The zero-order valence-electron chi connectivity index (χ0n) is 9.15. The molecule has 0 aliphatic carbocycles. The summed E-state index contributed by atoms with van der Waals surface area (Å²) in [6.45, 7) is 2.83. The lowest BCUT2D eigenvalue weighted by Gasteiger charge is -2.11. The van der Waals surface area contributed by atoms with Crippen molar-refractivity contribution in [2.75, 3.05) is 13.2 Å². The van der Waals surface area contributed by atoms with Crippen molar-refractivity contribution in [2.24, 2.45) is 5.73 Å². The Morgan fingerprint density at radius 2 is 2.00 bits per heavy atom. The highest BCUT2D eigenvalue weighted by molar-refractivity contribution is 5.28. The summed E-state index contributed by atoms with van der Waals surface area (Å²) in [7, 11) is 0. The number of aliphatic hydroxyl groups excluding tert-OH is 1. The van der Waals surface area contributed by atoms with Gasteiger partial charge in [0.2, 0.25) is 0 Å². The second kappa shape index (κ2) is 6.43. The van der Waals surface area contributed by atoms with Crippen LogP contribution in [0.25, 0.3) is 0 Å². The van der Waals surface area contributed by atoms with E-state index in [1.807, 2.05) is 31.2 Å². The summed E-state index contributed by atoms with van der Waals surface area (Å²) in [5.41, 5.74) is 7.04. The quantitative estimate of drug-likeness (QED) is 0.752. The lowest BCUT2D eigenvalue weighted by molar-refractivity contribution is 0.280. The van der Waals surface area contributed by atoms with E-state index in [0.717, 1.165) is 24.2 Å². The van der Waals surface area contributed by atoms with Crippen molar-refractivity contribution < 1.29 is 9.84 Å². The molecule has 0 heterocycles. The number of hydrogen-bond acceptors (Lipinski definition) is 3. The van der Waals surface area contributed by atoms with Crippen molar-refractivity contribution in [1.29, 1.82) is 0 Å². The van der Waals surface area contributed by atoms with Crippen LogP contribution >= 0.6 is 0 Å². The molecule has 1 rings (SSSR count). The normalized spacial score (nSPS) is 12.5. The van der Waals surface area contributed by atoms with E-state index in [0.29, 0.717) is 6.61 Å². The predicted molar refractivity (Wildman–Crippen MR) is 60.9 cm³/mol. The van der Waals surface area contributed by atoms with E-state index in [1.54, 1.807) is 0 Å². The summed E-state index contributed by atoms with van der Waals surface area (Å²) in [6, 6.07) is 7.82. The second-order valence-electron chi connectivity index (χ2n) is 3.47. The van der Waals surface area contributed by atoms with Gasteiger partial charge in [-0.3, -0.25) is 0 Å². The van der Waals surface area contributed by atoms with E-state index in [4.69, 9.17) is 15.6 Å². The van der Waals surface area contributed by atoms with Crippen LogP contribution in [-0.2, 0) is 0 Å². The average Bonchev–Trinajstić information content (AvgIpc) is 2.27. The molecule has 0 aliphatic heterocycles. The summed E-state index contributed by atoms with van der Waals surface area (Å²) in [5.74, 6) is 0.871. The van der Waals surface area contributed by atoms with Crippen LogP contribution < -0.4 is 10.5 Å². The molecule has 3 N–H and O–H groups in total. The molecular weight excluding hydrogens is 190 g/mol. The zero-order chi connectivity index (χ0) is 11.1. The number of rotatable bonds is 6. The highest BCUT2D eigenvalue weighted by Gasteiger charge is 2.05. The first kappa shape index (κ1) is 12.0. The monoisotopic (exact) mass is 209 g/mol. The second-order valence-corrected chi connectivity index (χ2v) is 3.47. The molecule has 0 saturated carbocycles. The molecule has 1 aromatic carbocycles. The molecule has 1 aromatic rings. The van der Waals surface area contributed by atoms with Gasteiger partial charge < -0.3 is 15.6 Å². The molecule has 0 aliphatic rings. The van der Waals surface area contributed by atoms with Crippen LogP contribution in [0, 0.1) is 0 Å². The maximum Gasteiger partial charge on any atom is 0.119 e. The first-order valence-corrected chi connectivity index (χ1v) is 5.37. The summed E-state index contributed by atoms with van der Waals surface area (Å²) in [6.07, 6.45) is 1.55. The fourth-order valence-corrected chi connectivity index (χ4v) is 1.46. The Morgan fingerprint density at radius 1 is 1.33 bits per heavy atom. The number of ether oxygens (including phenoxy) is 1. The Morgan fingerprint density at radius 3 is 2.53 bits per heavy atom. The molecule has 0 fully saturated rings. The molecule has 0 amide bonds. The SMILES string of the molecule is CCOc1ccc(C(N)CCCO)cc1. The van der Waals surface area contributed by atoms with Crippen LogP contribution in [0.1, 0.15) is 31.4 Å². The van der Waals surface area contributed by atoms with Crippen LogP contribution in [0.2, 0.25) is 0 Å². The van der Waals surface area contributed by atoms with Gasteiger partial charge in [0.15, 0.2) is 0 Å². The fraction of sp³-hybridized carbons (Fsp3) is 0.500. The van der Waals surface area contributed by atoms with Crippen LogP contribution in [-0.4, -0.2) is 18.3 Å². The maximum absolute atomic E-state index is 8.70. The van der Waals surface area contributed by atoms with Crippen molar-refractivity contribution in [3.63, 3.8) is 0 Å². The van der Waals surface area contributed by atoms with Crippen molar-refractivity contribution in [3.05, 3.63) is 29.8 Å². The Kier molecular flexibility index (Phi) is 5.15. The molecule has 3 nitrogen and oxygen atoms in total. The third-order valence-electron chi connectivity index (χ3n) is 2.29. The molecular formula is C12H19NO2. The standard InChI is InChI=1S/C12H19NO2/c1-2-15-11-7-5-10(6-8-11)12(13)4-3-9-14/h5-8,12,14H,2-4,9,13H2,1H3. The lowest BCUT2D eigenvalue weighted by Crippen LogP contribution is -2.10. The molecule has 0 aromatic heterocycles. The average molecular weight is 209 g/mol. The first-order chi connectivity index (χ1) is 7.27. The molecule has 0 spiro atoms. The molecule has 1 unspecified atom stereocenters. The minimum atomic E-state index is 0.00725. The van der Waals surface area contributed by atoms with E-state index < -0.39 is 0 Å². The maximum atomic E-state index is 8.70. The smallest absolute Gasteiger partial charge is 0.119 e. The van der Waals surface area contributed by atoms with Gasteiger partial charge in [0.1, 0.15) is 5.75 Å². The molecule has 0 saturated heterocycles. The first-order valence-electron chi connectivity index (χ1n) is 5.37. The number of aliphatic hydroxyl groups is 1. The third-order valence-corrected chi connectivity index (χ3v) is 2.29. The van der Waals surface area contributed by atoms with Gasteiger partial charge in [-0.25, -0.2) is 0 Å². The van der Waals surface area contributed by atoms with Gasteiger partial charge in [-0.2, -0.15) is 0 Å². The van der Waals surface area contributed by atoms with Crippen molar-refractivity contribution >= 4 is 0 Å². The fourth-order valence-electron chi connectivity index (χ4n) is 1.46. The van der Waals surface area contributed by atoms with Gasteiger partial charge in [-0.15, -0.1) is 0 Å². The van der Waals surface area contributed by atoms with E-state index in [2.05, 4.69) is 0 Å². The molecule has 84 valence electrons. The van der Waals surface area contributed by atoms with Crippen LogP contribution in [0.4, 0.5) is 0 Å². The topological polar surface area (TPSA) is 55.5 Å². The van der Waals surface area contributed by atoms with E-state index in [1.165, 1.54) is 0 Å². The van der Waals surface area contributed by atoms with Crippen molar-refractivity contribution in [3.8, 4) is 5.75 Å². The molecule has 0 radical (unpaired) electrons. The van der Waals surface area contributed by atoms with Gasteiger partial charge in [-0.05, 0) is 37.5 Å². The number of hydrogen-bond donors (Lipinski definition) is 2.